The molecule has 3 heterocycles. The van der Waals surface area contributed by atoms with Crippen LogP contribution in [0.2, 0.25) is 0 Å². The fraction of sp³-hybridized carbons (Fsp3) is 0.200. The molecule has 0 aliphatic carbocycles. The highest BCUT2D eigenvalue weighted by atomic mass is 79.9. The van der Waals surface area contributed by atoms with E-state index in [1.807, 2.05) is 12.1 Å². The van der Waals surface area contributed by atoms with E-state index in [-0.39, 0.29) is 0 Å². The number of imidazole rings is 2. The summed E-state index contributed by atoms with van der Waals surface area (Å²) in [6.45, 7) is 4.43. The number of aromatic nitrogens is 3. The molecule has 2 aromatic heterocycles. The average Bonchev–Trinajstić information content (AvgIpc) is 3.21. The molecule has 0 fully saturated rings. The molecule has 0 bridgehead atoms. The first-order chi connectivity index (χ1) is 15.2. The maximum absolute atomic E-state index is 5.85. The number of nitrogens with zero attached hydrogens (tertiary/aromatic N) is 3. The SMILES string of the molecule is C=CCNC(=S)n1c(-c2ccc(Br)cc2)c2n3c(c(-c4ccccc4)nc13)CCCC2. The minimum absolute atomic E-state index is 0.609. The van der Waals surface area contributed by atoms with Gasteiger partial charge in [0, 0.05) is 22.1 Å². The van der Waals surface area contributed by atoms with Crippen LogP contribution < -0.4 is 5.32 Å². The van der Waals surface area contributed by atoms with Crippen LogP contribution >= 0.6 is 28.1 Å². The number of nitrogens with one attached hydrogen (secondary N) is 1. The molecule has 0 atom stereocenters. The van der Waals surface area contributed by atoms with Crippen molar-refractivity contribution >= 4 is 39.0 Å². The first-order valence-electron chi connectivity index (χ1n) is 10.5. The lowest BCUT2D eigenvalue weighted by Gasteiger charge is -2.13. The normalized spacial score (nSPS) is 13.2. The van der Waals surface area contributed by atoms with Crippen molar-refractivity contribution in [3.05, 3.63) is 83.1 Å². The summed E-state index contributed by atoms with van der Waals surface area (Å²) in [6.07, 6.45) is 6.13. The topological polar surface area (TPSA) is 34.3 Å². The van der Waals surface area contributed by atoms with Gasteiger partial charge in [0.1, 0.15) is 0 Å². The molecule has 0 amide bonds. The van der Waals surface area contributed by atoms with Crippen molar-refractivity contribution in [2.75, 3.05) is 6.54 Å². The van der Waals surface area contributed by atoms with Gasteiger partial charge in [-0.1, -0.05) is 64.5 Å². The summed E-state index contributed by atoms with van der Waals surface area (Å²) in [6, 6.07) is 18.9. The molecule has 0 saturated heterocycles. The lowest BCUT2D eigenvalue weighted by Crippen LogP contribution is -2.29. The summed E-state index contributed by atoms with van der Waals surface area (Å²) in [5.41, 5.74) is 7.02. The zero-order chi connectivity index (χ0) is 21.4. The van der Waals surface area contributed by atoms with Crippen molar-refractivity contribution in [2.45, 2.75) is 25.7 Å². The molecule has 1 aliphatic rings. The predicted octanol–water partition coefficient (Wildman–Crippen LogP) is 6.02. The minimum atomic E-state index is 0.609. The Morgan fingerprint density at radius 1 is 1.03 bits per heavy atom. The van der Waals surface area contributed by atoms with Gasteiger partial charge in [0.15, 0.2) is 5.11 Å². The van der Waals surface area contributed by atoms with Gasteiger partial charge in [0.2, 0.25) is 5.78 Å². The van der Waals surface area contributed by atoms with Crippen molar-refractivity contribution < 1.29 is 0 Å². The number of thiocarbonyl (C=S) groups is 1. The number of aryl methyl sites for hydroxylation is 2. The molecule has 1 N–H and O–H groups in total. The molecular formula is C25H23BrN4S. The Hall–Kier alpha value is -2.70. The van der Waals surface area contributed by atoms with Crippen LogP contribution in [0, 0.1) is 0 Å². The summed E-state index contributed by atoms with van der Waals surface area (Å²) in [4.78, 5) is 5.15. The third-order valence-corrected chi connectivity index (χ3v) is 6.62. The fourth-order valence-electron chi connectivity index (χ4n) is 4.42. The van der Waals surface area contributed by atoms with E-state index in [4.69, 9.17) is 17.2 Å². The molecule has 0 radical (unpaired) electrons. The van der Waals surface area contributed by atoms with Crippen LogP contribution in [0.3, 0.4) is 0 Å². The molecular weight excluding hydrogens is 468 g/mol. The van der Waals surface area contributed by atoms with Crippen molar-refractivity contribution in [3.8, 4) is 22.5 Å². The maximum atomic E-state index is 5.85. The molecule has 5 rings (SSSR count). The zero-order valence-corrected chi connectivity index (χ0v) is 19.5. The number of hydrogen-bond acceptors (Lipinski definition) is 2. The van der Waals surface area contributed by atoms with Gasteiger partial charge in [-0.05, 0) is 50.0 Å². The highest BCUT2D eigenvalue weighted by molar-refractivity contribution is 9.10. The van der Waals surface area contributed by atoms with Crippen molar-refractivity contribution in [1.82, 2.24) is 19.3 Å². The average molecular weight is 491 g/mol. The van der Waals surface area contributed by atoms with E-state index in [1.54, 1.807) is 0 Å². The minimum Gasteiger partial charge on any atom is -0.358 e. The van der Waals surface area contributed by atoms with E-state index < -0.39 is 0 Å². The number of benzene rings is 2. The largest absolute Gasteiger partial charge is 0.358 e. The van der Waals surface area contributed by atoms with Gasteiger partial charge in [-0.3, -0.25) is 8.97 Å². The van der Waals surface area contributed by atoms with Crippen LogP contribution in [0.1, 0.15) is 24.2 Å². The van der Waals surface area contributed by atoms with Crippen molar-refractivity contribution in [1.29, 1.82) is 0 Å². The first kappa shape index (κ1) is 20.2. The van der Waals surface area contributed by atoms with Crippen LogP contribution in [0.25, 0.3) is 28.3 Å². The van der Waals surface area contributed by atoms with Gasteiger partial charge >= 0.3 is 0 Å². The number of rotatable bonds is 4. The van der Waals surface area contributed by atoms with E-state index in [2.05, 4.69) is 85.3 Å². The third-order valence-electron chi connectivity index (χ3n) is 5.76. The second-order valence-electron chi connectivity index (χ2n) is 7.73. The first-order valence-corrected chi connectivity index (χ1v) is 11.7. The van der Waals surface area contributed by atoms with Gasteiger partial charge in [-0.15, -0.1) is 6.58 Å². The molecule has 0 spiro atoms. The lowest BCUT2D eigenvalue weighted by atomic mass is 10.1. The lowest BCUT2D eigenvalue weighted by molar-refractivity contribution is 0.752. The highest BCUT2D eigenvalue weighted by Gasteiger charge is 2.28. The summed E-state index contributed by atoms with van der Waals surface area (Å²) in [5, 5.41) is 3.96. The van der Waals surface area contributed by atoms with Crippen molar-refractivity contribution in [2.24, 2.45) is 0 Å². The van der Waals surface area contributed by atoms with E-state index in [9.17, 15) is 0 Å². The molecule has 0 unspecified atom stereocenters. The predicted molar refractivity (Wildman–Crippen MR) is 135 cm³/mol. The van der Waals surface area contributed by atoms with Crippen LogP contribution in [-0.4, -0.2) is 25.6 Å². The van der Waals surface area contributed by atoms with Gasteiger partial charge in [-0.25, -0.2) is 4.98 Å². The Kier molecular flexibility index (Phi) is 5.50. The van der Waals surface area contributed by atoms with Crippen LogP contribution in [0.4, 0.5) is 0 Å². The zero-order valence-electron chi connectivity index (χ0n) is 17.1. The number of halogens is 1. The smallest absolute Gasteiger partial charge is 0.222 e. The summed E-state index contributed by atoms with van der Waals surface area (Å²) < 4.78 is 5.53. The Bertz CT molecular complexity index is 1270. The molecule has 156 valence electrons. The van der Waals surface area contributed by atoms with Gasteiger partial charge < -0.3 is 5.32 Å². The fourth-order valence-corrected chi connectivity index (χ4v) is 4.94. The van der Waals surface area contributed by atoms with Gasteiger partial charge in [0.05, 0.1) is 22.8 Å². The number of hydrogen-bond donors (Lipinski definition) is 1. The molecule has 6 heteroatoms. The summed E-state index contributed by atoms with van der Waals surface area (Å²) in [7, 11) is 0. The maximum Gasteiger partial charge on any atom is 0.222 e. The molecule has 2 aromatic carbocycles. The van der Waals surface area contributed by atoms with Crippen LogP contribution in [0.5, 0.6) is 0 Å². The monoisotopic (exact) mass is 490 g/mol. The van der Waals surface area contributed by atoms with E-state index in [1.165, 1.54) is 11.4 Å². The van der Waals surface area contributed by atoms with Crippen molar-refractivity contribution in [3.63, 3.8) is 0 Å². The van der Waals surface area contributed by atoms with Gasteiger partial charge in [0.25, 0.3) is 0 Å². The Labute approximate surface area is 195 Å². The second-order valence-corrected chi connectivity index (χ2v) is 9.03. The van der Waals surface area contributed by atoms with E-state index in [0.29, 0.717) is 11.7 Å². The second kappa shape index (κ2) is 8.44. The Balaban J connectivity index is 1.82. The molecule has 0 saturated carbocycles. The Morgan fingerprint density at radius 3 is 2.45 bits per heavy atom. The molecule has 4 aromatic rings. The molecule has 1 aliphatic heterocycles. The standard InChI is InChI=1S/C25H23BrN4S/c1-2-16-27-25(31)30-23(18-12-14-19(26)15-13-18)21-11-7-6-10-20-22(28-24(30)29(20)21)17-8-4-3-5-9-17/h2-5,8-9,12-15H,1,6-7,10-11,16H2,(H,27,31). The van der Waals surface area contributed by atoms with Crippen LogP contribution in [-0.2, 0) is 12.8 Å². The quantitative estimate of drug-likeness (QED) is 0.280. The highest BCUT2D eigenvalue weighted by Crippen LogP contribution is 2.36. The van der Waals surface area contributed by atoms with E-state index in [0.717, 1.165) is 58.4 Å². The van der Waals surface area contributed by atoms with Crippen LogP contribution in [0.15, 0.2) is 71.7 Å². The van der Waals surface area contributed by atoms with Gasteiger partial charge in [-0.2, -0.15) is 0 Å². The Morgan fingerprint density at radius 2 is 1.74 bits per heavy atom. The molecule has 4 nitrogen and oxygen atoms in total. The third kappa shape index (κ3) is 3.54. The molecule has 31 heavy (non-hydrogen) atoms. The van der Waals surface area contributed by atoms with E-state index >= 15 is 0 Å². The summed E-state index contributed by atoms with van der Waals surface area (Å²) in [5.74, 6) is 0.880. The summed E-state index contributed by atoms with van der Waals surface area (Å²) >= 11 is 9.41.